The zero-order valence-corrected chi connectivity index (χ0v) is 9.55. The number of hydrogen-bond acceptors (Lipinski definition) is 1. The molecule has 0 amide bonds. The van der Waals surface area contributed by atoms with Crippen molar-refractivity contribution in [3.63, 3.8) is 0 Å². The van der Waals surface area contributed by atoms with Gasteiger partial charge in [0.1, 0.15) is 5.82 Å². The maximum atomic E-state index is 13.8. The Labute approximate surface area is 98.7 Å². The van der Waals surface area contributed by atoms with Crippen LogP contribution in [0, 0.1) is 12.7 Å². The molecule has 0 radical (unpaired) electrons. The van der Waals surface area contributed by atoms with Crippen molar-refractivity contribution >= 4 is 17.3 Å². The molecule has 0 saturated heterocycles. The number of hydrogen-bond donors (Lipinski definition) is 1. The fourth-order valence-corrected chi connectivity index (χ4v) is 1.81. The summed E-state index contributed by atoms with van der Waals surface area (Å²) in [7, 11) is 0. The Morgan fingerprint density at radius 2 is 1.81 bits per heavy atom. The van der Waals surface area contributed by atoms with Gasteiger partial charge in [0.2, 0.25) is 0 Å². The third kappa shape index (κ3) is 1.89. The van der Waals surface area contributed by atoms with E-state index in [9.17, 15) is 4.39 Å². The second-order valence-electron chi connectivity index (χ2n) is 3.67. The molecule has 0 bridgehead atoms. The zero-order chi connectivity index (χ0) is 11.7. The lowest BCUT2D eigenvalue weighted by atomic mass is 10.0. The van der Waals surface area contributed by atoms with Gasteiger partial charge in [-0.15, -0.1) is 0 Å². The highest BCUT2D eigenvalue weighted by Gasteiger charge is 2.10. The molecule has 1 nitrogen and oxygen atoms in total. The number of rotatable bonds is 1. The van der Waals surface area contributed by atoms with Crippen LogP contribution in [0.3, 0.4) is 0 Å². The highest BCUT2D eigenvalue weighted by Crippen LogP contribution is 2.32. The van der Waals surface area contributed by atoms with E-state index in [1.807, 2.05) is 6.07 Å². The molecule has 0 aliphatic rings. The van der Waals surface area contributed by atoms with Crippen LogP contribution < -0.4 is 5.73 Å². The van der Waals surface area contributed by atoms with Crippen molar-refractivity contribution in [2.75, 3.05) is 5.73 Å². The Balaban J connectivity index is 2.65. The third-order valence-corrected chi connectivity index (χ3v) is 2.85. The molecule has 0 spiro atoms. The number of benzene rings is 2. The molecule has 0 aliphatic heterocycles. The summed E-state index contributed by atoms with van der Waals surface area (Å²) in [5.41, 5.74) is 8.16. The van der Waals surface area contributed by atoms with Crippen LogP contribution in [0.1, 0.15) is 5.56 Å². The quantitative estimate of drug-likeness (QED) is 0.742. The van der Waals surface area contributed by atoms with Crippen molar-refractivity contribution in [2.45, 2.75) is 6.92 Å². The van der Waals surface area contributed by atoms with E-state index in [1.54, 1.807) is 31.2 Å². The normalized spacial score (nSPS) is 10.4. The molecule has 2 aromatic carbocycles. The van der Waals surface area contributed by atoms with Crippen LogP contribution in [0.15, 0.2) is 36.4 Å². The maximum Gasteiger partial charge on any atom is 0.131 e. The number of anilines is 1. The van der Waals surface area contributed by atoms with Gasteiger partial charge >= 0.3 is 0 Å². The van der Waals surface area contributed by atoms with Crippen LogP contribution in [0.25, 0.3) is 11.1 Å². The first kappa shape index (κ1) is 11.0. The van der Waals surface area contributed by atoms with Gasteiger partial charge in [0, 0.05) is 21.8 Å². The van der Waals surface area contributed by atoms with Crippen LogP contribution in [-0.2, 0) is 0 Å². The van der Waals surface area contributed by atoms with Crippen LogP contribution >= 0.6 is 11.6 Å². The van der Waals surface area contributed by atoms with Gasteiger partial charge < -0.3 is 5.73 Å². The first-order valence-electron chi connectivity index (χ1n) is 4.90. The highest BCUT2D eigenvalue weighted by atomic mass is 35.5. The number of halogens is 2. The summed E-state index contributed by atoms with van der Waals surface area (Å²) < 4.78 is 13.8. The molecular formula is C13H11ClFN. The molecule has 0 heterocycles. The minimum absolute atomic E-state index is 0.306. The van der Waals surface area contributed by atoms with Crippen molar-refractivity contribution < 1.29 is 4.39 Å². The molecule has 16 heavy (non-hydrogen) atoms. The summed E-state index contributed by atoms with van der Waals surface area (Å²) in [4.78, 5) is 0. The second kappa shape index (κ2) is 4.14. The van der Waals surface area contributed by atoms with E-state index in [2.05, 4.69) is 0 Å². The fourth-order valence-electron chi connectivity index (χ4n) is 1.58. The Bertz CT molecular complexity index is 537. The molecule has 0 aromatic heterocycles. The SMILES string of the molecule is Cc1cc(F)c(-c2ccccc2Cl)cc1N. The monoisotopic (exact) mass is 235 g/mol. The molecule has 0 aliphatic carbocycles. The Morgan fingerprint density at radius 3 is 2.50 bits per heavy atom. The number of nitrogen functional groups attached to an aromatic ring is 1. The molecule has 2 aromatic rings. The van der Waals surface area contributed by atoms with Crippen LogP contribution in [-0.4, -0.2) is 0 Å². The van der Waals surface area contributed by atoms with Crippen LogP contribution in [0.5, 0.6) is 0 Å². The summed E-state index contributed by atoms with van der Waals surface area (Å²) in [5.74, 6) is -0.306. The average molecular weight is 236 g/mol. The summed E-state index contributed by atoms with van der Waals surface area (Å²) >= 11 is 6.02. The first-order chi connectivity index (χ1) is 7.59. The van der Waals surface area contributed by atoms with Crippen molar-refractivity contribution in [3.05, 3.63) is 52.8 Å². The summed E-state index contributed by atoms with van der Waals surface area (Å²) in [6, 6.07) is 10.2. The molecule has 0 atom stereocenters. The Morgan fingerprint density at radius 1 is 1.12 bits per heavy atom. The van der Waals surface area contributed by atoms with Gasteiger partial charge in [-0.2, -0.15) is 0 Å². The molecule has 2 rings (SSSR count). The van der Waals surface area contributed by atoms with Gasteiger partial charge in [-0.25, -0.2) is 4.39 Å². The summed E-state index contributed by atoms with van der Waals surface area (Å²) in [6.45, 7) is 1.77. The molecule has 82 valence electrons. The van der Waals surface area contributed by atoms with Gasteiger partial charge in [0.05, 0.1) is 0 Å². The van der Waals surface area contributed by atoms with Crippen molar-refractivity contribution in [1.82, 2.24) is 0 Å². The molecule has 3 heteroatoms. The van der Waals surface area contributed by atoms with Gasteiger partial charge in [0.25, 0.3) is 0 Å². The predicted molar refractivity (Wildman–Crippen MR) is 66.0 cm³/mol. The van der Waals surface area contributed by atoms with E-state index < -0.39 is 0 Å². The minimum atomic E-state index is -0.306. The van der Waals surface area contributed by atoms with E-state index in [0.29, 0.717) is 21.8 Å². The fraction of sp³-hybridized carbons (Fsp3) is 0.0769. The molecular weight excluding hydrogens is 225 g/mol. The topological polar surface area (TPSA) is 26.0 Å². The lowest BCUT2D eigenvalue weighted by Gasteiger charge is -2.08. The minimum Gasteiger partial charge on any atom is -0.398 e. The molecule has 0 saturated carbocycles. The van der Waals surface area contributed by atoms with Crippen molar-refractivity contribution in [2.24, 2.45) is 0 Å². The first-order valence-corrected chi connectivity index (χ1v) is 5.28. The largest absolute Gasteiger partial charge is 0.398 e. The highest BCUT2D eigenvalue weighted by molar-refractivity contribution is 6.33. The number of nitrogens with two attached hydrogens (primary N) is 1. The van der Waals surface area contributed by atoms with E-state index in [4.69, 9.17) is 17.3 Å². The number of aryl methyl sites for hydroxylation is 1. The van der Waals surface area contributed by atoms with Crippen molar-refractivity contribution in [3.8, 4) is 11.1 Å². The lowest BCUT2D eigenvalue weighted by molar-refractivity contribution is 0.630. The molecule has 0 unspecified atom stereocenters. The van der Waals surface area contributed by atoms with E-state index >= 15 is 0 Å². The van der Waals surface area contributed by atoms with Crippen LogP contribution in [0.4, 0.5) is 10.1 Å². The smallest absolute Gasteiger partial charge is 0.131 e. The Hall–Kier alpha value is -1.54. The van der Waals surface area contributed by atoms with Gasteiger partial charge in [0.15, 0.2) is 0 Å². The Kier molecular flexibility index (Phi) is 2.84. The summed E-state index contributed by atoms with van der Waals surface area (Å²) in [6.07, 6.45) is 0. The van der Waals surface area contributed by atoms with E-state index in [1.165, 1.54) is 6.07 Å². The van der Waals surface area contributed by atoms with Gasteiger partial charge in [-0.05, 0) is 30.7 Å². The predicted octanol–water partition coefficient (Wildman–Crippen LogP) is 4.04. The molecule has 0 fully saturated rings. The lowest BCUT2D eigenvalue weighted by Crippen LogP contribution is -1.94. The third-order valence-electron chi connectivity index (χ3n) is 2.52. The van der Waals surface area contributed by atoms with Crippen molar-refractivity contribution in [1.29, 1.82) is 0 Å². The zero-order valence-electron chi connectivity index (χ0n) is 8.80. The maximum absolute atomic E-state index is 13.8. The van der Waals surface area contributed by atoms with Gasteiger partial charge in [-0.3, -0.25) is 0 Å². The van der Waals surface area contributed by atoms with E-state index in [0.717, 1.165) is 5.56 Å². The average Bonchev–Trinajstić information content (AvgIpc) is 2.25. The standard InChI is InChI=1S/C13H11ClFN/c1-8-6-12(15)10(7-13(8)16)9-4-2-3-5-11(9)14/h2-7H,16H2,1H3. The second-order valence-corrected chi connectivity index (χ2v) is 4.08. The van der Waals surface area contributed by atoms with E-state index in [-0.39, 0.29) is 5.82 Å². The molecule has 2 N–H and O–H groups in total. The van der Waals surface area contributed by atoms with Gasteiger partial charge in [-0.1, -0.05) is 29.8 Å². The van der Waals surface area contributed by atoms with Crippen LogP contribution in [0.2, 0.25) is 5.02 Å². The summed E-state index contributed by atoms with van der Waals surface area (Å²) in [5, 5.41) is 0.518.